The van der Waals surface area contributed by atoms with Gasteiger partial charge >= 0.3 is 0 Å². The highest BCUT2D eigenvalue weighted by molar-refractivity contribution is 9.10. The van der Waals surface area contributed by atoms with E-state index in [-0.39, 0.29) is 11.7 Å². The third-order valence-electron chi connectivity index (χ3n) is 3.15. The summed E-state index contributed by atoms with van der Waals surface area (Å²) in [6.07, 6.45) is 0. The van der Waals surface area contributed by atoms with Crippen LogP contribution in [0.5, 0.6) is 0 Å². The molecule has 1 N–H and O–H groups in total. The van der Waals surface area contributed by atoms with Crippen LogP contribution in [0.25, 0.3) is 0 Å². The lowest BCUT2D eigenvalue weighted by Gasteiger charge is -2.23. The second-order valence-electron chi connectivity index (χ2n) is 6.38. The van der Waals surface area contributed by atoms with E-state index in [1.165, 1.54) is 0 Å². The first-order valence-electron chi connectivity index (χ1n) is 7.26. The third kappa shape index (κ3) is 5.01. The Morgan fingerprint density at radius 1 is 1.04 bits per heavy atom. The van der Waals surface area contributed by atoms with Crippen molar-refractivity contribution < 1.29 is 14.1 Å². The Hall–Kier alpha value is -1.98. The zero-order valence-electron chi connectivity index (χ0n) is 13.5. The molecule has 4 nitrogen and oxygen atoms in total. The molecule has 0 spiro atoms. The largest absolute Gasteiger partial charge is 0.323 e. The summed E-state index contributed by atoms with van der Waals surface area (Å²) in [4.78, 5) is 24.9. The van der Waals surface area contributed by atoms with E-state index in [0.717, 1.165) is 4.47 Å². The Balaban J connectivity index is 2.31. The van der Waals surface area contributed by atoms with Crippen molar-refractivity contribution in [3.8, 4) is 0 Å². The predicted octanol–water partition coefficient (Wildman–Crippen LogP) is 3.32. The molecule has 0 unspecified atom stereocenters. The van der Waals surface area contributed by atoms with Crippen LogP contribution in [0.15, 0.2) is 53.0 Å². The fraction of sp³-hybridized carbons (Fsp3) is 0.222. The molecule has 2 rings (SSSR count). The molecule has 0 atom stereocenters. The van der Waals surface area contributed by atoms with E-state index in [2.05, 4.69) is 21.2 Å². The maximum atomic E-state index is 12.7. The van der Waals surface area contributed by atoms with E-state index in [1.807, 2.05) is 45.4 Å². The lowest BCUT2D eigenvalue weighted by atomic mass is 10.0. The molecule has 0 heterocycles. The number of hydrogen-bond donors (Lipinski definition) is 1. The summed E-state index contributed by atoms with van der Waals surface area (Å²) >= 11 is 3.38. The van der Waals surface area contributed by atoms with Gasteiger partial charge in [-0.05, 0) is 18.2 Å². The molecule has 2 aromatic carbocycles. The number of carbonyl (C=O) groups is 2. The Morgan fingerprint density at radius 3 is 2.30 bits per heavy atom. The SMILES string of the molecule is C[N+](C)(C)CC(=O)Nc1ccc(Br)cc1C(=O)c1ccccc1. The highest BCUT2D eigenvalue weighted by atomic mass is 79.9. The Bertz CT molecular complexity index is 722. The van der Waals surface area contributed by atoms with Gasteiger partial charge in [0, 0.05) is 15.6 Å². The molecule has 0 radical (unpaired) electrons. The van der Waals surface area contributed by atoms with Crippen LogP contribution in [0.3, 0.4) is 0 Å². The molecule has 0 aliphatic rings. The molecule has 5 heteroatoms. The number of nitrogens with zero attached hydrogens (tertiary/aromatic N) is 1. The molecular formula is C18H20BrN2O2+. The molecule has 0 saturated carbocycles. The van der Waals surface area contributed by atoms with Gasteiger partial charge in [-0.1, -0.05) is 46.3 Å². The molecule has 120 valence electrons. The van der Waals surface area contributed by atoms with Crippen molar-refractivity contribution in [2.75, 3.05) is 33.0 Å². The summed E-state index contributed by atoms with van der Waals surface area (Å²) in [5.74, 6) is -0.241. The van der Waals surface area contributed by atoms with E-state index in [1.54, 1.807) is 24.3 Å². The second kappa shape index (κ2) is 7.06. The Labute approximate surface area is 144 Å². The maximum absolute atomic E-state index is 12.7. The summed E-state index contributed by atoms with van der Waals surface area (Å²) < 4.78 is 1.31. The van der Waals surface area contributed by atoms with Gasteiger partial charge in [0.05, 0.1) is 26.8 Å². The van der Waals surface area contributed by atoms with Crippen molar-refractivity contribution in [3.05, 3.63) is 64.1 Å². The highest BCUT2D eigenvalue weighted by Crippen LogP contribution is 2.24. The molecule has 0 aromatic heterocycles. The average Bonchev–Trinajstić information content (AvgIpc) is 2.47. The van der Waals surface area contributed by atoms with Crippen molar-refractivity contribution in [1.82, 2.24) is 0 Å². The number of rotatable bonds is 5. The van der Waals surface area contributed by atoms with Gasteiger partial charge < -0.3 is 9.80 Å². The van der Waals surface area contributed by atoms with E-state index >= 15 is 0 Å². The van der Waals surface area contributed by atoms with Crippen LogP contribution >= 0.6 is 15.9 Å². The lowest BCUT2D eigenvalue weighted by Crippen LogP contribution is -2.41. The van der Waals surface area contributed by atoms with Crippen LogP contribution in [0.1, 0.15) is 15.9 Å². The number of carbonyl (C=O) groups excluding carboxylic acids is 2. The van der Waals surface area contributed by atoms with E-state index in [9.17, 15) is 9.59 Å². The van der Waals surface area contributed by atoms with Crippen LogP contribution < -0.4 is 5.32 Å². The zero-order chi connectivity index (χ0) is 17.0. The summed E-state index contributed by atoms with van der Waals surface area (Å²) in [7, 11) is 5.82. The minimum atomic E-state index is -0.123. The average molecular weight is 376 g/mol. The van der Waals surface area contributed by atoms with Gasteiger partial charge in [-0.3, -0.25) is 9.59 Å². The summed E-state index contributed by atoms with van der Waals surface area (Å²) in [6, 6.07) is 14.3. The number of nitrogens with one attached hydrogen (secondary N) is 1. The second-order valence-corrected chi connectivity index (χ2v) is 7.30. The topological polar surface area (TPSA) is 46.2 Å². The van der Waals surface area contributed by atoms with Gasteiger partial charge in [0.2, 0.25) is 0 Å². The van der Waals surface area contributed by atoms with Crippen molar-refractivity contribution in [3.63, 3.8) is 0 Å². The molecule has 1 amide bonds. The molecule has 0 bridgehead atoms. The fourth-order valence-electron chi connectivity index (χ4n) is 2.18. The first kappa shape index (κ1) is 17.4. The van der Waals surface area contributed by atoms with Crippen molar-refractivity contribution >= 4 is 33.3 Å². The first-order chi connectivity index (χ1) is 10.8. The summed E-state index contributed by atoms with van der Waals surface area (Å²) in [6.45, 7) is 0.328. The molecule has 0 saturated heterocycles. The normalized spacial score (nSPS) is 11.1. The van der Waals surface area contributed by atoms with Crippen molar-refractivity contribution in [2.24, 2.45) is 0 Å². The number of hydrogen-bond acceptors (Lipinski definition) is 2. The molecule has 0 aliphatic carbocycles. The monoisotopic (exact) mass is 375 g/mol. The van der Waals surface area contributed by atoms with Gasteiger partial charge in [0.15, 0.2) is 12.3 Å². The van der Waals surface area contributed by atoms with Gasteiger partial charge in [0.1, 0.15) is 0 Å². The molecule has 23 heavy (non-hydrogen) atoms. The van der Waals surface area contributed by atoms with Crippen LogP contribution in [0, 0.1) is 0 Å². The quantitative estimate of drug-likeness (QED) is 0.643. The van der Waals surface area contributed by atoms with E-state index in [0.29, 0.717) is 27.8 Å². The first-order valence-corrected chi connectivity index (χ1v) is 8.05. The van der Waals surface area contributed by atoms with Crippen LogP contribution in [-0.2, 0) is 4.79 Å². The summed E-state index contributed by atoms with van der Waals surface area (Å²) in [5, 5.41) is 2.85. The standard InChI is InChI=1S/C18H19BrN2O2/c1-21(2,3)12-17(22)20-16-10-9-14(19)11-15(16)18(23)13-7-5-4-6-8-13/h4-11H,12H2,1-3H3/p+1. The zero-order valence-corrected chi connectivity index (χ0v) is 15.1. The number of quaternary nitrogens is 1. The minimum Gasteiger partial charge on any atom is -0.323 e. The van der Waals surface area contributed by atoms with Crippen LogP contribution in [0.4, 0.5) is 5.69 Å². The van der Waals surface area contributed by atoms with Gasteiger partial charge in [-0.15, -0.1) is 0 Å². The Kier molecular flexibility index (Phi) is 5.34. The minimum absolute atomic E-state index is 0.118. The van der Waals surface area contributed by atoms with Crippen molar-refractivity contribution in [2.45, 2.75) is 0 Å². The maximum Gasteiger partial charge on any atom is 0.279 e. The number of anilines is 1. The smallest absolute Gasteiger partial charge is 0.279 e. The number of amides is 1. The molecule has 0 fully saturated rings. The molecular weight excluding hydrogens is 356 g/mol. The van der Waals surface area contributed by atoms with Crippen molar-refractivity contribution in [1.29, 1.82) is 0 Å². The summed E-state index contributed by atoms with van der Waals surface area (Å²) in [5.41, 5.74) is 1.59. The predicted molar refractivity (Wildman–Crippen MR) is 95.5 cm³/mol. The molecule has 2 aromatic rings. The number of likely N-dealkylation sites (N-methyl/N-ethyl adjacent to an activating group) is 1. The Morgan fingerprint density at radius 2 is 1.70 bits per heavy atom. The fourth-order valence-corrected chi connectivity index (χ4v) is 2.54. The van der Waals surface area contributed by atoms with Crippen LogP contribution in [-0.4, -0.2) is 43.9 Å². The number of ketones is 1. The number of halogens is 1. The van der Waals surface area contributed by atoms with Gasteiger partial charge in [-0.2, -0.15) is 0 Å². The highest BCUT2D eigenvalue weighted by Gasteiger charge is 2.19. The van der Waals surface area contributed by atoms with Gasteiger partial charge in [0.25, 0.3) is 5.91 Å². The number of benzene rings is 2. The van der Waals surface area contributed by atoms with E-state index < -0.39 is 0 Å². The van der Waals surface area contributed by atoms with Gasteiger partial charge in [-0.25, -0.2) is 0 Å². The van der Waals surface area contributed by atoms with E-state index in [4.69, 9.17) is 0 Å². The molecule has 0 aliphatic heterocycles. The van der Waals surface area contributed by atoms with Crippen LogP contribution in [0.2, 0.25) is 0 Å². The lowest BCUT2D eigenvalue weighted by molar-refractivity contribution is -0.861. The third-order valence-corrected chi connectivity index (χ3v) is 3.65.